The van der Waals surface area contributed by atoms with Crippen LogP contribution in [0.4, 0.5) is 0 Å². The highest BCUT2D eigenvalue weighted by atomic mass is 16.3. The number of nitrogens with zero attached hydrogens (tertiary/aromatic N) is 4. The van der Waals surface area contributed by atoms with Gasteiger partial charge in [0.25, 0.3) is 5.91 Å². The topological polar surface area (TPSA) is 61.6 Å². The van der Waals surface area contributed by atoms with Crippen molar-refractivity contribution in [3.05, 3.63) is 54.1 Å². The van der Waals surface area contributed by atoms with Gasteiger partial charge in [0.1, 0.15) is 0 Å². The SMILES string of the molecule is CCC(CO)N1CCN(C(=O)c2ccc(Cn3ccnc3)cc2)CC1. The molecule has 0 saturated carbocycles. The zero-order valence-electron chi connectivity index (χ0n) is 14.7. The standard InChI is InChI=1S/C19H26N4O2/c1-2-18(14-24)22-9-11-23(12-10-22)19(25)17-5-3-16(4-6-17)13-21-8-7-20-15-21/h3-8,15,18,24H,2,9-14H2,1H3. The minimum Gasteiger partial charge on any atom is -0.395 e. The summed E-state index contributed by atoms with van der Waals surface area (Å²) in [4.78, 5) is 20.9. The summed E-state index contributed by atoms with van der Waals surface area (Å²) >= 11 is 0. The van der Waals surface area contributed by atoms with Crippen LogP contribution < -0.4 is 0 Å². The van der Waals surface area contributed by atoms with Gasteiger partial charge >= 0.3 is 0 Å². The molecule has 1 atom stereocenters. The third kappa shape index (κ3) is 4.27. The van der Waals surface area contributed by atoms with Crippen molar-refractivity contribution >= 4 is 5.91 Å². The lowest BCUT2D eigenvalue weighted by molar-refractivity contribution is 0.0472. The molecule has 2 heterocycles. The molecule has 1 fully saturated rings. The zero-order chi connectivity index (χ0) is 17.6. The third-order valence-electron chi connectivity index (χ3n) is 4.93. The first-order valence-corrected chi connectivity index (χ1v) is 8.90. The van der Waals surface area contributed by atoms with Crippen molar-refractivity contribution in [3.8, 4) is 0 Å². The second-order valence-corrected chi connectivity index (χ2v) is 6.50. The molecule has 25 heavy (non-hydrogen) atoms. The molecule has 6 nitrogen and oxygen atoms in total. The largest absolute Gasteiger partial charge is 0.395 e. The fourth-order valence-electron chi connectivity index (χ4n) is 3.32. The number of rotatable bonds is 6. The number of carbonyl (C=O) groups is 1. The minimum absolute atomic E-state index is 0.0888. The molecule has 134 valence electrons. The van der Waals surface area contributed by atoms with Crippen molar-refractivity contribution in [1.82, 2.24) is 19.4 Å². The van der Waals surface area contributed by atoms with Crippen LogP contribution >= 0.6 is 0 Å². The molecule has 6 heteroatoms. The lowest BCUT2D eigenvalue weighted by atomic mass is 10.1. The average Bonchev–Trinajstić information content (AvgIpc) is 3.16. The van der Waals surface area contributed by atoms with Crippen molar-refractivity contribution in [2.24, 2.45) is 0 Å². The number of aromatic nitrogens is 2. The first kappa shape index (κ1) is 17.6. The van der Waals surface area contributed by atoms with Crippen LogP contribution in [0.5, 0.6) is 0 Å². The number of hydrogen-bond acceptors (Lipinski definition) is 4. The molecule has 0 bridgehead atoms. The van der Waals surface area contributed by atoms with E-state index in [9.17, 15) is 9.90 Å². The van der Waals surface area contributed by atoms with Gasteiger partial charge in [-0.2, -0.15) is 0 Å². The summed E-state index contributed by atoms with van der Waals surface area (Å²) in [6.07, 6.45) is 6.41. The molecule has 0 radical (unpaired) electrons. The first-order chi connectivity index (χ1) is 12.2. The number of imidazole rings is 1. The molecule has 2 aromatic rings. The van der Waals surface area contributed by atoms with Crippen LogP contribution in [0.15, 0.2) is 43.0 Å². The molecule has 1 saturated heterocycles. The van der Waals surface area contributed by atoms with E-state index in [1.54, 1.807) is 12.5 Å². The van der Waals surface area contributed by atoms with Gasteiger partial charge in [-0.15, -0.1) is 0 Å². The number of carbonyl (C=O) groups excluding carboxylic acids is 1. The van der Waals surface area contributed by atoms with Gasteiger partial charge in [0.15, 0.2) is 0 Å². The Balaban J connectivity index is 1.56. The van der Waals surface area contributed by atoms with Gasteiger partial charge < -0.3 is 14.6 Å². The van der Waals surface area contributed by atoms with E-state index in [1.807, 2.05) is 39.9 Å². The molecule has 0 spiro atoms. The van der Waals surface area contributed by atoms with Crippen molar-refractivity contribution in [1.29, 1.82) is 0 Å². The Bertz CT molecular complexity index is 657. The Morgan fingerprint density at radius 3 is 2.48 bits per heavy atom. The van der Waals surface area contributed by atoms with Crippen molar-refractivity contribution < 1.29 is 9.90 Å². The summed E-state index contributed by atoms with van der Waals surface area (Å²) < 4.78 is 2.00. The summed E-state index contributed by atoms with van der Waals surface area (Å²) in [5.41, 5.74) is 1.88. The van der Waals surface area contributed by atoms with E-state index in [0.717, 1.165) is 37.2 Å². The highest BCUT2D eigenvalue weighted by Crippen LogP contribution is 2.13. The maximum Gasteiger partial charge on any atom is 0.253 e. The van der Waals surface area contributed by atoms with Crippen molar-refractivity contribution in [2.75, 3.05) is 32.8 Å². The van der Waals surface area contributed by atoms with Gasteiger partial charge in [-0.1, -0.05) is 19.1 Å². The van der Waals surface area contributed by atoms with Gasteiger partial charge in [0, 0.05) is 56.7 Å². The fraction of sp³-hybridized carbons (Fsp3) is 0.474. The normalized spacial score (nSPS) is 16.8. The second kappa shape index (κ2) is 8.27. The molecule has 1 aliphatic heterocycles. The lowest BCUT2D eigenvalue weighted by Gasteiger charge is -2.38. The van der Waals surface area contributed by atoms with Crippen molar-refractivity contribution in [2.45, 2.75) is 25.9 Å². The van der Waals surface area contributed by atoms with Crippen LogP contribution in [0.2, 0.25) is 0 Å². The molecule has 0 aliphatic carbocycles. The zero-order valence-corrected chi connectivity index (χ0v) is 14.7. The van der Waals surface area contributed by atoms with Gasteiger partial charge in [0.2, 0.25) is 0 Å². The molecule has 1 aromatic carbocycles. The number of hydrogen-bond donors (Lipinski definition) is 1. The van der Waals surface area contributed by atoms with E-state index in [1.165, 1.54) is 0 Å². The van der Waals surface area contributed by atoms with Crippen LogP contribution in [0, 0.1) is 0 Å². The van der Waals surface area contributed by atoms with Crippen LogP contribution in [0.3, 0.4) is 0 Å². The summed E-state index contributed by atoms with van der Waals surface area (Å²) in [6, 6.07) is 8.03. The minimum atomic E-state index is 0.0888. The monoisotopic (exact) mass is 342 g/mol. The number of amides is 1. The first-order valence-electron chi connectivity index (χ1n) is 8.90. The Morgan fingerprint density at radius 1 is 1.20 bits per heavy atom. The molecule has 3 rings (SSSR count). The predicted octanol–water partition coefficient (Wildman–Crippen LogP) is 1.46. The van der Waals surface area contributed by atoms with E-state index < -0.39 is 0 Å². The second-order valence-electron chi connectivity index (χ2n) is 6.50. The van der Waals surface area contributed by atoms with Gasteiger partial charge in [0.05, 0.1) is 12.9 Å². The molecule has 1 aromatic heterocycles. The average molecular weight is 342 g/mol. The maximum atomic E-state index is 12.7. The van der Waals surface area contributed by atoms with E-state index in [-0.39, 0.29) is 18.6 Å². The van der Waals surface area contributed by atoms with Crippen LogP contribution in [-0.4, -0.2) is 69.2 Å². The Hall–Kier alpha value is -2.18. The number of benzene rings is 1. The summed E-state index contributed by atoms with van der Waals surface area (Å²) in [6.45, 7) is 6.10. The van der Waals surface area contributed by atoms with E-state index in [0.29, 0.717) is 13.1 Å². The predicted molar refractivity (Wildman–Crippen MR) is 96.4 cm³/mol. The van der Waals surface area contributed by atoms with Crippen molar-refractivity contribution in [3.63, 3.8) is 0 Å². The molecular formula is C19H26N4O2. The van der Waals surface area contributed by atoms with E-state index >= 15 is 0 Å². The highest BCUT2D eigenvalue weighted by Gasteiger charge is 2.25. The van der Waals surface area contributed by atoms with E-state index in [2.05, 4.69) is 16.8 Å². The molecule has 1 N–H and O–H groups in total. The molecule has 1 unspecified atom stereocenters. The fourth-order valence-corrected chi connectivity index (χ4v) is 3.32. The summed E-state index contributed by atoms with van der Waals surface area (Å²) in [5, 5.41) is 9.42. The summed E-state index contributed by atoms with van der Waals surface area (Å²) in [7, 11) is 0. The van der Waals surface area contributed by atoms with E-state index in [4.69, 9.17) is 0 Å². The molecule has 1 aliphatic rings. The smallest absolute Gasteiger partial charge is 0.253 e. The van der Waals surface area contributed by atoms with Gasteiger partial charge in [-0.25, -0.2) is 4.98 Å². The highest BCUT2D eigenvalue weighted by molar-refractivity contribution is 5.94. The quantitative estimate of drug-likeness (QED) is 0.863. The van der Waals surface area contributed by atoms with Gasteiger partial charge in [-0.3, -0.25) is 9.69 Å². The van der Waals surface area contributed by atoms with Crippen LogP contribution in [-0.2, 0) is 6.54 Å². The summed E-state index contributed by atoms with van der Waals surface area (Å²) in [5.74, 6) is 0.0888. The van der Waals surface area contributed by atoms with Gasteiger partial charge in [-0.05, 0) is 24.1 Å². The van der Waals surface area contributed by atoms with Crippen LogP contribution in [0.1, 0.15) is 29.3 Å². The Labute approximate surface area is 148 Å². The Kier molecular flexibility index (Phi) is 5.83. The lowest BCUT2D eigenvalue weighted by Crippen LogP contribution is -2.52. The molecule has 1 amide bonds. The number of aliphatic hydroxyl groups is 1. The molecular weight excluding hydrogens is 316 g/mol. The Morgan fingerprint density at radius 2 is 1.92 bits per heavy atom. The number of aliphatic hydroxyl groups excluding tert-OH is 1. The van der Waals surface area contributed by atoms with Crippen LogP contribution in [0.25, 0.3) is 0 Å². The number of piperazine rings is 1. The maximum absolute atomic E-state index is 12.7. The third-order valence-corrected chi connectivity index (χ3v) is 4.93.